The highest BCUT2D eigenvalue weighted by Gasteiger charge is 2.68. The minimum Gasteiger partial charge on any atom is -0.404 e. The fourth-order valence-electron chi connectivity index (χ4n) is 5.90. The van der Waals surface area contributed by atoms with E-state index < -0.39 is 0 Å². The zero-order valence-electron chi connectivity index (χ0n) is 16.4. The zero-order chi connectivity index (χ0) is 18.1. The summed E-state index contributed by atoms with van der Waals surface area (Å²) in [6.45, 7) is 7.03. The molecule has 1 heterocycles. The van der Waals surface area contributed by atoms with E-state index in [0.29, 0.717) is 11.3 Å². The first kappa shape index (κ1) is 19.3. The third kappa shape index (κ3) is 2.76. The van der Waals surface area contributed by atoms with Gasteiger partial charge in [0.25, 0.3) is 0 Å². The van der Waals surface area contributed by atoms with Crippen LogP contribution in [-0.2, 0) is 15.7 Å². The average Bonchev–Trinajstić information content (AvgIpc) is 2.99. The molecule has 1 unspecified atom stereocenters. The fourth-order valence-corrected chi connectivity index (χ4v) is 5.90. The van der Waals surface area contributed by atoms with Crippen LogP contribution in [-0.4, -0.2) is 24.8 Å². The molecule has 0 aromatic heterocycles. The minimum absolute atomic E-state index is 0. The Hall–Kier alpha value is -1.07. The van der Waals surface area contributed by atoms with Crippen molar-refractivity contribution in [2.24, 2.45) is 23.0 Å². The highest BCUT2D eigenvalue weighted by molar-refractivity contribution is 6.47. The van der Waals surface area contributed by atoms with Crippen LogP contribution in [0.1, 0.15) is 39.2 Å². The first-order chi connectivity index (χ1) is 12.4. The van der Waals surface area contributed by atoms with Crippen molar-refractivity contribution in [3.8, 4) is 0 Å². The molecule has 5 atom stereocenters. The van der Waals surface area contributed by atoms with Crippen molar-refractivity contribution in [3.63, 3.8) is 0 Å². The van der Waals surface area contributed by atoms with E-state index in [4.69, 9.17) is 15.0 Å². The lowest BCUT2D eigenvalue weighted by Gasteiger charge is -2.64. The molecule has 3 nitrogen and oxygen atoms in total. The Balaban J connectivity index is 0.00000180. The molecule has 6 rings (SSSR count). The van der Waals surface area contributed by atoms with Gasteiger partial charge in [-0.2, -0.15) is 0 Å². The Labute approximate surface area is 168 Å². The lowest BCUT2D eigenvalue weighted by molar-refractivity contribution is -0.199. The summed E-state index contributed by atoms with van der Waals surface area (Å²) in [5.41, 5.74) is 8.05. The Morgan fingerprint density at radius 2 is 1.85 bits per heavy atom. The van der Waals surface area contributed by atoms with Gasteiger partial charge in [-0.1, -0.05) is 56.3 Å². The van der Waals surface area contributed by atoms with Crippen molar-refractivity contribution < 1.29 is 9.31 Å². The van der Waals surface area contributed by atoms with Crippen LogP contribution < -0.4 is 5.73 Å². The summed E-state index contributed by atoms with van der Waals surface area (Å²) in [5, 5.41) is 2.53. The van der Waals surface area contributed by atoms with Gasteiger partial charge in [-0.3, -0.25) is 0 Å². The second-order valence-electron chi connectivity index (χ2n) is 9.34. The zero-order valence-corrected chi connectivity index (χ0v) is 17.2. The van der Waals surface area contributed by atoms with Gasteiger partial charge in [-0.15, -0.1) is 12.4 Å². The standard InChI is InChI=1S/C22H28BNO2.ClH/c1-21(2)16-12-18(21)22(3)19(13-16)25-23(26-22)20(24)11-15-9-6-8-14-7-4-5-10-17(14)15;/h4-10,16,18-20H,11-13,24H2,1-3H3;1H/t16?,18-,19+,20-,22-;/m0./s1. The van der Waals surface area contributed by atoms with Crippen molar-refractivity contribution in [2.45, 2.75) is 57.7 Å². The van der Waals surface area contributed by atoms with Gasteiger partial charge < -0.3 is 15.0 Å². The molecule has 0 spiro atoms. The molecule has 3 saturated carbocycles. The maximum absolute atomic E-state index is 6.59. The minimum atomic E-state index is -0.306. The van der Waals surface area contributed by atoms with Crippen LogP contribution in [0.3, 0.4) is 0 Å². The first-order valence-corrected chi connectivity index (χ1v) is 9.95. The second-order valence-corrected chi connectivity index (χ2v) is 9.34. The second kappa shape index (κ2) is 6.48. The number of fused-ring (bicyclic) bond motifs is 1. The largest absolute Gasteiger partial charge is 0.475 e. The molecule has 2 bridgehead atoms. The number of rotatable bonds is 3. The Morgan fingerprint density at radius 3 is 2.63 bits per heavy atom. The van der Waals surface area contributed by atoms with Gasteiger partial charge in [0.05, 0.1) is 11.7 Å². The van der Waals surface area contributed by atoms with Crippen LogP contribution in [0.25, 0.3) is 10.8 Å². The number of hydrogen-bond donors (Lipinski definition) is 1. The highest BCUT2D eigenvalue weighted by atomic mass is 35.5. The molecular weight excluding hydrogens is 357 g/mol. The first-order valence-electron chi connectivity index (χ1n) is 9.95. The summed E-state index contributed by atoms with van der Waals surface area (Å²) >= 11 is 0. The molecule has 0 amide bonds. The lowest BCUT2D eigenvalue weighted by atomic mass is 9.43. The van der Waals surface area contributed by atoms with Gasteiger partial charge in [0.2, 0.25) is 0 Å². The maximum atomic E-state index is 6.59. The van der Waals surface area contributed by atoms with Crippen LogP contribution in [0.5, 0.6) is 0 Å². The average molecular weight is 386 g/mol. The van der Waals surface area contributed by atoms with Gasteiger partial charge in [0, 0.05) is 5.94 Å². The number of nitrogens with two attached hydrogens (primary N) is 1. The van der Waals surface area contributed by atoms with Crippen molar-refractivity contribution >= 4 is 30.3 Å². The van der Waals surface area contributed by atoms with Gasteiger partial charge in [-0.05, 0) is 59.8 Å². The van der Waals surface area contributed by atoms with Crippen LogP contribution >= 0.6 is 12.4 Å². The van der Waals surface area contributed by atoms with Crippen molar-refractivity contribution in [2.75, 3.05) is 0 Å². The molecule has 3 aliphatic carbocycles. The summed E-state index contributed by atoms with van der Waals surface area (Å²) < 4.78 is 12.9. The molecule has 1 aliphatic heterocycles. The Morgan fingerprint density at radius 1 is 1.11 bits per heavy atom. The maximum Gasteiger partial charge on any atom is 0.475 e. The highest BCUT2D eigenvalue weighted by Crippen LogP contribution is 2.65. The predicted octanol–water partition coefficient (Wildman–Crippen LogP) is 4.40. The predicted molar refractivity (Wildman–Crippen MR) is 113 cm³/mol. The molecule has 1 saturated heterocycles. The van der Waals surface area contributed by atoms with Crippen LogP contribution in [0.2, 0.25) is 0 Å². The molecule has 2 N–H and O–H groups in total. The van der Waals surface area contributed by atoms with Crippen molar-refractivity contribution in [1.82, 2.24) is 0 Å². The SMILES string of the molecule is CC1(C)C2C[C@H]3OB([C@@H](N)Cc4cccc5ccccc45)O[C@@]3(C)[C@H]1C2.Cl. The molecular formula is C22H29BClNO2. The number of benzene rings is 2. The third-order valence-corrected chi connectivity index (χ3v) is 7.65. The molecule has 4 aliphatic rings. The molecule has 2 aromatic carbocycles. The Bertz CT molecular complexity index is 854. The molecule has 4 fully saturated rings. The summed E-state index contributed by atoms with van der Waals surface area (Å²) in [7, 11) is -0.306. The lowest BCUT2D eigenvalue weighted by Crippen LogP contribution is -2.65. The number of halogens is 1. The van der Waals surface area contributed by atoms with Crippen molar-refractivity contribution in [1.29, 1.82) is 0 Å². The van der Waals surface area contributed by atoms with Crippen molar-refractivity contribution in [3.05, 3.63) is 48.0 Å². The quantitative estimate of drug-likeness (QED) is 0.796. The summed E-state index contributed by atoms with van der Waals surface area (Å²) in [6, 6.07) is 14.9. The molecule has 5 heteroatoms. The van der Waals surface area contributed by atoms with E-state index in [-0.39, 0.29) is 37.2 Å². The van der Waals surface area contributed by atoms with Gasteiger partial charge in [0.1, 0.15) is 0 Å². The summed E-state index contributed by atoms with van der Waals surface area (Å²) in [5.74, 6) is 1.19. The van der Waals surface area contributed by atoms with Crippen LogP contribution in [0.15, 0.2) is 42.5 Å². The van der Waals surface area contributed by atoms with Gasteiger partial charge in [-0.25, -0.2) is 0 Å². The molecule has 144 valence electrons. The fraction of sp³-hybridized carbons (Fsp3) is 0.545. The van der Waals surface area contributed by atoms with E-state index in [1.165, 1.54) is 22.8 Å². The van der Waals surface area contributed by atoms with E-state index in [1.54, 1.807) is 0 Å². The molecule has 27 heavy (non-hydrogen) atoms. The summed E-state index contributed by atoms with van der Waals surface area (Å²) in [6.07, 6.45) is 3.35. The Kier molecular flexibility index (Phi) is 4.63. The molecule has 0 radical (unpaired) electrons. The van der Waals surface area contributed by atoms with E-state index in [9.17, 15) is 0 Å². The van der Waals surface area contributed by atoms with Gasteiger partial charge >= 0.3 is 7.12 Å². The van der Waals surface area contributed by atoms with Crippen LogP contribution in [0, 0.1) is 17.3 Å². The van der Waals surface area contributed by atoms with Gasteiger partial charge in [0.15, 0.2) is 0 Å². The van der Waals surface area contributed by atoms with E-state index in [2.05, 4.69) is 63.2 Å². The molecule has 2 aromatic rings. The monoisotopic (exact) mass is 385 g/mol. The number of hydrogen-bond acceptors (Lipinski definition) is 3. The smallest absolute Gasteiger partial charge is 0.404 e. The topological polar surface area (TPSA) is 44.5 Å². The normalized spacial score (nSPS) is 34.5. The third-order valence-electron chi connectivity index (χ3n) is 7.65. The van der Waals surface area contributed by atoms with E-state index >= 15 is 0 Å². The van der Waals surface area contributed by atoms with E-state index in [0.717, 1.165) is 18.8 Å². The summed E-state index contributed by atoms with van der Waals surface area (Å²) in [4.78, 5) is 0. The van der Waals surface area contributed by atoms with E-state index in [1.807, 2.05) is 0 Å². The van der Waals surface area contributed by atoms with Crippen LogP contribution in [0.4, 0.5) is 0 Å².